The molecule has 0 saturated carbocycles. The van der Waals surface area contributed by atoms with Gasteiger partial charge in [-0.25, -0.2) is 4.79 Å². The van der Waals surface area contributed by atoms with Crippen molar-refractivity contribution in [3.8, 4) is 0 Å². The molecule has 0 aromatic rings. The fraction of sp³-hybridized carbons (Fsp3) is 0.733. The van der Waals surface area contributed by atoms with E-state index in [1.807, 2.05) is 0 Å². The highest BCUT2D eigenvalue weighted by atomic mass is 32.2. The molecule has 0 aromatic carbocycles. The van der Waals surface area contributed by atoms with Crippen molar-refractivity contribution in [2.24, 2.45) is 11.5 Å². The first-order chi connectivity index (χ1) is 12.3. The zero-order valence-electron chi connectivity index (χ0n) is 14.4. The predicted octanol–water partition coefficient (Wildman–Crippen LogP) is -1.22. The predicted molar refractivity (Wildman–Crippen MR) is 95.3 cm³/mol. The average Bonchev–Trinajstić information content (AvgIpc) is 3.23. The molecule has 148 valence electrons. The molecule has 2 aliphatic heterocycles. The number of rotatable bonds is 7. The number of nitrogens with one attached hydrogen (secondary N) is 1. The number of hydrogen-bond acceptors (Lipinski definition) is 7. The summed E-state index contributed by atoms with van der Waals surface area (Å²) >= 11 is 1.42. The van der Waals surface area contributed by atoms with Gasteiger partial charge >= 0.3 is 11.9 Å². The number of carbonyl (C=O) groups is 4. The number of carbonyl (C=O) groups excluding carboxylic acids is 2. The molecule has 26 heavy (non-hydrogen) atoms. The Hall–Kier alpha value is -1.85. The SMILES string of the molecule is NCCCCC(N)C(=O)O.O=C1CC[C@@H](C(=O)N2CSC[C@H]2C(=O)O)N1. The molecule has 11 heteroatoms. The summed E-state index contributed by atoms with van der Waals surface area (Å²) in [4.78, 5) is 45.3. The van der Waals surface area contributed by atoms with Crippen LogP contribution in [0.2, 0.25) is 0 Å². The Bertz CT molecular complexity index is 532. The molecule has 1 unspecified atom stereocenters. The molecule has 2 rings (SSSR count). The van der Waals surface area contributed by atoms with Gasteiger partial charge in [-0.15, -0.1) is 11.8 Å². The minimum absolute atomic E-state index is 0.142. The van der Waals surface area contributed by atoms with E-state index >= 15 is 0 Å². The average molecular weight is 390 g/mol. The summed E-state index contributed by atoms with van der Waals surface area (Å²) in [5.74, 6) is -1.52. The molecule has 0 radical (unpaired) electrons. The lowest BCUT2D eigenvalue weighted by molar-refractivity contribution is -0.148. The van der Waals surface area contributed by atoms with Gasteiger partial charge < -0.3 is 31.9 Å². The quantitative estimate of drug-likeness (QED) is 0.333. The van der Waals surface area contributed by atoms with Gasteiger partial charge in [-0.2, -0.15) is 0 Å². The molecule has 7 N–H and O–H groups in total. The molecule has 0 aromatic heterocycles. The van der Waals surface area contributed by atoms with E-state index in [4.69, 9.17) is 21.7 Å². The summed E-state index contributed by atoms with van der Waals surface area (Å²) in [7, 11) is 0. The number of nitrogens with zero attached hydrogens (tertiary/aromatic N) is 1. The zero-order valence-corrected chi connectivity index (χ0v) is 15.2. The van der Waals surface area contributed by atoms with Crippen LogP contribution < -0.4 is 16.8 Å². The summed E-state index contributed by atoms with van der Waals surface area (Å²) < 4.78 is 0. The fourth-order valence-corrected chi connectivity index (χ4v) is 3.65. The van der Waals surface area contributed by atoms with E-state index in [1.54, 1.807) is 0 Å². The van der Waals surface area contributed by atoms with Crippen molar-refractivity contribution >= 4 is 35.5 Å². The zero-order chi connectivity index (χ0) is 19.7. The molecule has 3 atom stereocenters. The van der Waals surface area contributed by atoms with Crippen LogP contribution in [-0.2, 0) is 19.2 Å². The number of hydrogen-bond donors (Lipinski definition) is 5. The van der Waals surface area contributed by atoms with Gasteiger partial charge in [0, 0.05) is 12.2 Å². The van der Waals surface area contributed by atoms with E-state index in [9.17, 15) is 19.2 Å². The Balaban J connectivity index is 0.000000294. The van der Waals surface area contributed by atoms with Crippen molar-refractivity contribution in [3.05, 3.63) is 0 Å². The number of amides is 2. The minimum Gasteiger partial charge on any atom is -0.480 e. The fourth-order valence-electron chi connectivity index (χ4n) is 2.50. The molecular formula is C15H26N4O6S. The Labute approximate surface area is 155 Å². The Kier molecular flexibility index (Phi) is 9.38. The molecule has 2 fully saturated rings. The number of thioether (sulfide) groups is 1. The van der Waals surface area contributed by atoms with Gasteiger partial charge in [0.25, 0.3) is 0 Å². The van der Waals surface area contributed by atoms with Crippen molar-refractivity contribution in [1.82, 2.24) is 10.2 Å². The molecule has 2 saturated heterocycles. The maximum absolute atomic E-state index is 11.9. The van der Waals surface area contributed by atoms with Crippen molar-refractivity contribution < 1.29 is 29.4 Å². The summed E-state index contributed by atoms with van der Waals surface area (Å²) in [6, 6.07) is -2.00. The van der Waals surface area contributed by atoms with Crippen LogP contribution in [0.25, 0.3) is 0 Å². The molecular weight excluding hydrogens is 364 g/mol. The lowest BCUT2D eigenvalue weighted by Gasteiger charge is -2.23. The lowest BCUT2D eigenvalue weighted by Crippen LogP contribution is -2.49. The third-order valence-electron chi connectivity index (χ3n) is 4.03. The van der Waals surface area contributed by atoms with Crippen molar-refractivity contribution in [2.75, 3.05) is 18.2 Å². The Morgan fingerprint density at radius 3 is 2.50 bits per heavy atom. The minimum atomic E-state index is -0.984. The second-order valence-electron chi connectivity index (χ2n) is 6.05. The van der Waals surface area contributed by atoms with E-state index < -0.39 is 30.1 Å². The summed E-state index contributed by atoms with van der Waals surface area (Å²) in [5, 5.41) is 19.8. The molecule has 10 nitrogen and oxygen atoms in total. The van der Waals surface area contributed by atoms with E-state index in [-0.39, 0.29) is 11.8 Å². The van der Waals surface area contributed by atoms with E-state index in [0.29, 0.717) is 37.4 Å². The van der Waals surface area contributed by atoms with Crippen LogP contribution in [0.1, 0.15) is 32.1 Å². The van der Waals surface area contributed by atoms with Gasteiger partial charge in [0.15, 0.2) is 0 Å². The maximum atomic E-state index is 11.9. The van der Waals surface area contributed by atoms with Gasteiger partial charge in [-0.3, -0.25) is 14.4 Å². The topological polar surface area (TPSA) is 176 Å². The monoisotopic (exact) mass is 390 g/mol. The highest BCUT2D eigenvalue weighted by Crippen LogP contribution is 2.23. The standard InChI is InChI=1S/C9H12N2O4S.C6H14N2O2/c12-7-2-1-5(10-7)8(13)11-4-16-3-6(11)9(14)15;7-4-2-1-3-5(8)6(9)10/h5-6H,1-4H2,(H,10,12)(H,14,15);5H,1-4,7-8H2,(H,9,10)/t5-,6-;/m0./s1. The molecule has 0 aliphatic carbocycles. The smallest absolute Gasteiger partial charge is 0.327 e. The van der Waals surface area contributed by atoms with Gasteiger partial charge in [0.2, 0.25) is 11.8 Å². The van der Waals surface area contributed by atoms with Crippen LogP contribution in [0, 0.1) is 0 Å². The molecule has 0 spiro atoms. The maximum Gasteiger partial charge on any atom is 0.327 e. The van der Waals surface area contributed by atoms with E-state index in [0.717, 1.165) is 12.8 Å². The highest BCUT2D eigenvalue weighted by Gasteiger charge is 2.39. The normalized spacial score (nSPS) is 23.0. The largest absolute Gasteiger partial charge is 0.480 e. The van der Waals surface area contributed by atoms with Crippen molar-refractivity contribution in [2.45, 2.75) is 50.2 Å². The van der Waals surface area contributed by atoms with E-state index in [2.05, 4.69) is 5.32 Å². The summed E-state index contributed by atoms with van der Waals surface area (Å²) in [6.07, 6.45) is 2.97. The Morgan fingerprint density at radius 1 is 1.31 bits per heavy atom. The molecule has 2 heterocycles. The van der Waals surface area contributed by atoms with Crippen LogP contribution in [0.3, 0.4) is 0 Å². The molecule has 2 amide bonds. The first-order valence-corrected chi connectivity index (χ1v) is 9.52. The first kappa shape index (κ1) is 22.2. The Morgan fingerprint density at radius 2 is 2.00 bits per heavy atom. The third-order valence-corrected chi connectivity index (χ3v) is 5.04. The van der Waals surface area contributed by atoms with Crippen LogP contribution in [-0.4, -0.2) is 75.2 Å². The number of unbranched alkanes of at least 4 members (excludes halogenated alkanes) is 1. The first-order valence-electron chi connectivity index (χ1n) is 8.36. The van der Waals surface area contributed by atoms with Crippen molar-refractivity contribution in [1.29, 1.82) is 0 Å². The summed E-state index contributed by atoms with van der Waals surface area (Å²) in [5.41, 5.74) is 10.4. The second-order valence-corrected chi connectivity index (χ2v) is 7.05. The highest BCUT2D eigenvalue weighted by molar-refractivity contribution is 7.99. The van der Waals surface area contributed by atoms with E-state index in [1.165, 1.54) is 16.7 Å². The number of aliphatic carboxylic acids is 2. The van der Waals surface area contributed by atoms with Gasteiger partial charge in [0.05, 0.1) is 5.88 Å². The van der Waals surface area contributed by atoms with Crippen LogP contribution in [0.5, 0.6) is 0 Å². The third kappa shape index (κ3) is 6.81. The van der Waals surface area contributed by atoms with Crippen LogP contribution >= 0.6 is 11.8 Å². The van der Waals surface area contributed by atoms with Crippen molar-refractivity contribution in [3.63, 3.8) is 0 Å². The summed E-state index contributed by atoms with van der Waals surface area (Å²) in [6.45, 7) is 0.604. The number of carboxylic acid groups (broad SMARTS) is 2. The number of nitrogens with two attached hydrogens (primary N) is 2. The van der Waals surface area contributed by atoms with Crippen LogP contribution in [0.4, 0.5) is 0 Å². The molecule has 0 bridgehead atoms. The van der Waals surface area contributed by atoms with Gasteiger partial charge in [-0.1, -0.05) is 6.42 Å². The molecule has 2 aliphatic rings. The second kappa shape index (κ2) is 11.0. The van der Waals surface area contributed by atoms with Gasteiger partial charge in [-0.05, 0) is 25.8 Å². The lowest BCUT2D eigenvalue weighted by atomic mass is 10.1. The number of carboxylic acids is 2. The van der Waals surface area contributed by atoms with Gasteiger partial charge in [0.1, 0.15) is 18.1 Å². The van der Waals surface area contributed by atoms with Crippen LogP contribution in [0.15, 0.2) is 0 Å².